The first-order valence-corrected chi connectivity index (χ1v) is 31.4. The molecule has 0 bridgehead atoms. The van der Waals surface area contributed by atoms with Crippen LogP contribution in [0.1, 0.15) is 29.5 Å². The number of ether oxygens (including phenoxy) is 5. The van der Waals surface area contributed by atoms with E-state index in [2.05, 4.69) is 42.2 Å². The van der Waals surface area contributed by atoms with Crippen molar-refractivity contribution in [2.75, 3.05) is 46.1 Å². The van der Waals surface area contributed by atoms with Crippen LogP contribution in [0.3, 0.4) is 0 Å². The maximum Gasteiger partial charge on any atom is 0.246 e. The second-order valence-electron chi connectivity index (χ2n) is 24.6. The van der Waals surface area contributed by atoms with Gasteiger partial charge in [0.15, 0.2) is 24.4 Å². The van der Waals surface area contributed by atoms with E-state index in [0.29, 0.717) is 11.1 Å². The molecule has 37 heteroatoms. The Morgan fingerprint density at radius 1 is 0.582 bits per heavy atom. The minimum absolute atomic E-state index is 0.0779. The zero-order valence-corrected chi connectivity index (χ0v) is 52.6. The third-order valence-corrected chi connectivity index (χ3v) is 18.0. The Hall–Kier alpha value is -7.90. The lowest BCUT2D eigenvalue weighted by atomic mass is 9.92. The number of hydrogen-bond acceptors (Lipinski definition) is 29. The van der Waals surface area contributed by atoms with E-state index in [4.69, 9.17) is 29.4 Å². The number of benzene rings is 3. The smallest absolute Gasteiger partial charge is 0.246 e. The standard InChI is InChI=1S/C61H84N12O25/c1-25(28-10-6-3-7-11-28)38-54(91)66-30(16-26-12-14-29(15-13-26)94-58-50(88)47(85)51(36(24-77)97-58)98-59-49(87)46(84)44(82)35(23-76)96-59)53(90)70-39(41(79)31-17-65-60(62)68-31)56(93)71-40(55(92)67-32(21-74)52(89)64-18-37(78)69-38)42(80)33-20-72(19-27-8-4-2-5-9-27)61(63)73(33)57-48(86)45(83)43(81)34(22-75)95-57/h2-15,25,30-36,38-51,57-59,63,74-77,79-88H,16-24H2,1H3,(H,64,89)(H,66,91)(H,67,92)(H,69,78)(H,70,90)(H,71,93)(H3,62,65,68)/t25?,30-,31?,32+,33?,34-,35-,36-,38+,39+,40-,41?,42?,43-,44-,45+,46+,47-,48+,49+,50+,51-,57+,58+,59-/m1/s1. The number of nitrogens with zero attached hydrogens (tertiary/aromatic N) is 3. The van der Waals surface area contributed by atoms with E-state index in [-0.39, 0.29) is 30.4 Å². The highest BCUT2D eigenvalue weighted by molar-refractivity contribution is 5.98. The van der Waals surface area contributed by atoms with Crippen LogP contribution in [0.25, 0.3) is 0 Å². The summed E-state index contributed by atoms with van der Waals surface area (Å²) >= 11 is 0. The monoisotopic (exact) mass is 1380 g/mol. The molecule has 98 heavy (non-hydrogen) atoms. The van der Waals surface area contributed by atoms with Gasteiger partial charge < -0.3 is 148 Å². The molecule has 24 N–H and O–H groups in total. The molecule has 5 unspecified atom stereocenters. The SMILES string of the molecule is CC(c1ccccc1)[C@@H]1NC(=O)CNC(=O)[C@H](CO)NC(=O)[C@@H](C(O)C2CN(Cc3ccccc3)C(=N)N2[C@H]2O[C@H](CO)[C@@H](O)[C@H](O)[C@@H]2O)NC(=O)[C@H](C(O)C2CN=C(N)N2)NC(=O)[C@@H](Cc2ccc(O[C@H]3O[C@H](CO)[C@@H](O[C@H]4O[C@H](CO)[C@@H](O)[C@H](O)[C@@H]4O)[C@H](O)[C@@H]3O)cc2)NC1=O. The molecule has 5 saturated heterocycles. The molecule has 9 rings (SSSR count). The highest BCUT2D eigenvalue weighted by Gasteiger charge is 2.55. The first kappa shape index (κ1) is 74.3. The molecule has 25 atom stereocenters. The number of nitrogens with two attached hydrogens (primary N) is 1. The molecule has 6 amide bonds. The zero-order valence-electron chi connectivity index (χ0n) is 52.6. The molecule has 0 radical (unpaired) electrons. The van der Waals surface area contributed by atoms with Crippen LogP contribution in [-0.2, 0) is 60.7 Å². The molecule has 6 aliphatic rings. The number of rotatable bonds is 19. The van der Waals surface area contributed by atoms with Gasteiger partial charge in [0.1, 0.15) is 121 Å². The summed E-state index contributed by atoms with van der Waals surface area (Å²) in [5, 5.41) is 179. The largest absolute Gasteiger partial charge is 0.462 e. The van der Waals surface area contributed by atoms with Gasteiger partial charge in [0, 0.05) is 25.4 Å². The van der Waals surface area contributed by atoms with E-state index in [9.17, 15) is 96.1 Å². The zero-order chi connectivity index (χ0) is 71.0. The summed E-state index contributed by atoms with van der Waals surface area (Å²) in [6.07, 6.45) is -32.1. The molecule has 37 nitrogen and oxygen atoms in total. The summed E-state index contributed by atoms with van der Waals surface area (Å²) in [6, 6.07) is 9.13. The second-order valence-corrected chi connectivity index (χ2v) is 24.6. The summed E-state index contributed by atoms with van der Waals surface area (Å²) < 4.78 is 28.6. The summed E-state index contributed by atoms with van der Waals surface area (Å²) in [6.45, 7) is -4.03. The van der Waals surface area contributed by atoms with Crippen molar-refractivity contribution in [1.82, 2.24) is 47.0 Å². The average molecular weight is 1390 g/mol. The van der Waals surface area contributed by atoms with Crippen molar-refractivity contribution >= 4 is 47.4 Å². The highest BCUT2D eigenvalue weighted by atomic mass is 16.7. The van der Waals surface area contributed by atoms with Crippen LogP contribution in [0.4, 0.5) is 0 Å². The molecular formula is C61H84N12O25. The molecule has 6 aliphatic heterocycles. The number of carbonyl (C=O) groups excluding carboxylic acids is 6. The first-order valence-electron chi connectivity index (χ1n) is 31.4. The number of nitrogens with one attached hydrogen (secondary N) is 8. The van der Waals surface area contributed by atoms with Crippen molar-refractivity contribution in [3.8, 4) is 5.75 Å². The van der Waals surface area contributed by atoms with E-state index in [1.165, 1.54) is 29.2 Å². The van der Waals surface area contributed by atoms with Gasteiger partial charge in [-0.3, -0.25) is 39.2 Å². The van der Waals surface area contributed by atoms with Crippen LogP contribution in [-0.4, -0.2) is 321 Å². The molecule has 538 valence electrons. The van der Waals surface area contributed by atoms with Gasteiger partial charge in [-0.15, -0.1) is 0 Å². The van der Waals surface area contributed by atoms with Crippen molar-refractivity contribution in [2.45, 2.75) is 172 Å². The number of hydrogen-bond donors (Lipinski definition) is 23. The number of aliphatic hydroxyl groups is 14. The predicted molar refractivity (Wildman–Crippen MR) is 331 cm³/mol. The van der Waals surface area contributed by atoms with Crippen molar-refractivity contribution in [3.05, 3.63) is 102 Å². The molecule has 0 aromatic heterocycles. The number of guanidine groups is 2. The predicted octanol–water partition coefficient (Wildman–Crippen LogP) is -11.5. The molecule has 0 spiro atoms. The Morgan fingerprint density at radius 2 is 1.14 bits per heavy atom. The Balaban J connectivity index is 1.05. The maximum atomic E-state index is 15.3. The average Bonchev–Trinajstić information content (AvgIpc) is 1.56. The fraction of sp³-hybridized carbons (Fsp3) is 0.574. The normalized spacial score (nSPS) is 35.8. The lowest BCUT2D eigenvalue weighted by Crippen LogP contribution is -2.69. The van der Waals surface area contributed by atoms with Crippen molar-refractivity contribution in [2.24, 2.45) is 10.7 Å². The number of aliphatic hydroxyl groups excluding tert-OH is 14. The second kappa shape index (κ2) is 32.8. The quantitative estimate of drug-likeness (QED) is 0.0530. The topological polar surface area (TPSA) is 585 Å². The summed E-state index contributed by atoms with van der Waals surface area (Å²) in [5.74, 6) is -9.09. The van der Waals surface area contributed by atoms with Crippen LogP contribution >= 0.6 is 0 Å². The van der Waals surface area contributed by atoms with E-state index in [1.54, 1.807) is 67.6 Å². The van der Waals surface area contributed by atoms with Gasteiger partial charge in [-0.05, 0) is 28.8 Å². The fourth-order valence-electron chi connectivity index (χ4n) is 12.3. The Kier molecular flexibility index (Phi) is 24.9. The highest BCUT2D eigenvalue weighted by Crippen LogP contribution is 2.34. The molecule has 6 heterocycles. The van der Waals surface area contributed by atoms with Crippen molar-refractivity contribution < 1.29 is 124 Å². The van der Waals surface area contributed by atoms with Gasteiger partial charge in [-0.25, -0.2) is 0 Å². The van der Waals surface area contributed by atoms with Gasteiger partial charge in [-0.2, -0.15) is 0 Å². The van der Waals surface area contributed by atoms with Crippen molar-refractivity contribution in [3.63, 3.8) is 0 Å². The molecule has 5 fully saturated rings. The first-order chi connectivity index (χ1) is 46.8. The molecule has 3 aromatic carbocycles. The van der Waals surface area contributed by atoms with Gasteiger partial charge in [0.2, 0.25) is 41.7 Å². The van der Waals surface area contributed by atoms with E-state index < -0.39 is 240 Å². The van der Waals surface area contributed by atoms with Gasteiger partial charge in [0.25, 0.3) is 0 Å². The lowest BCUT2D eigenvalue weighted by molar-refractivity contribution is -0.352. The summed E-state index contributed by atoms with van der Waals surface area (Å²) in [4.78, 5) is 94.7. The van der Waals surface area contributed by atoms with Crippen LogP contribution < -0.4 is 47.7 Å². The minimum Gasteiger partial charge on any atom is -0.462 e. The lowest BCUT2D eigenvalue weighted by Gasteiger charge is -2.46. The molecule has 0 saturated carbocycles. The number of aliphatic imine (C=N–C) groups is 1. The van der Waals surface area contributed by atoms with Crippen LogP contribution in [0, 0.1) is 5.41 Å². The molecule has 0 aliphatic carbocycles. The number of amides is 6. The maximum absolute atomic E-state index is 15.3. The summed E-state index contributed by atoms with van der Waals surface area (Å²) in [7, 11) is 0. The number of carbonyl (C=O) groups is 6. The Morgan fingerprint density at radius 3 is 1.77 bits per heavy atom. The van der Waals surface area contributed by atoms with E-state index >= 15 is 9.59 Å². The van der Waals surface area contributed by atoms with Gasteiger partial charge in [0.05, 0.1) is 51.6 Å². The third-order valence-electron chi connectivity index (χ3n) is 18.0. The minimum atomic E-state index is -2.39. The van der Waals surface area contributed by atoms with Crippen molar-refractivity contribution in [1.29, 1.82) is 5.41 Å². The summed E-state index contributed by atoms with van der Waals surface area (Å²) in [5.41, 5.74) is 7.25. The Bertz CT molecular complexity index is 3260. The van der Waals surface area contributed by atoms with Crippen LogP contribution in [0.5, 0.6) is 5.75 Å². The van der Waals surface area contributed by atoms with Crippen LogP contribution in [0.15, 0.2) is 89.9 Å². The van der Waals surface area contributed by atoms with E-state index in [1.807, 2.05) is 0 Å². The molecule has 3 aromatic rings. The molecular weight excluding hydrogens is 1300 g/mol. The Labute approximate surface area is 558 Å². The van der Waals surface area contributed by atoms with Gasteiger partial charge in [-0.1, -0.05) is 79.7 Å². The van der Waals surface area contributed by atoms with Gasteiger partial charge >= 0.3 is 0 Å². The van der Waals surface area contributed by atoms with Crippen LogP contribution in [0.2, 0.25) is 0 Å². The fourth-order valence-corrected chi connectivity index (χ4v) is 12.3. The third kappa shape index (κ3) is 16.7. The van der Waals surface area contributed by atoms with E-state index in [0.717, 1.165) is 4.90 Å².